The lowest BCUT2D eigenvalue weighted by Gasteiger charge is -2.20. The molecule has 0 aromatic heterocycles. The fourth-order valence-corrected chi connectivity index (χ4v) is 2.79. The summed E-state index contributed by atoms with van der Waals surface area (Å²) < 4.78 is 10.4. The van der Waals surface area contributed by atoms with E-state index in [0.29, 0.717) is 11.4 Å². The molecular formula is C19H25N3O6. The molecule has 0 saturated carbocycles. The number of anilines is 1. The fourth-order valence-electron chi connectivity index (χ4n) is 2.79. The van der Waals surface area contributed by atoms with Crippen LogP contribution >= 0.6 is 0 Å². The van der Waals surface area contributed by atoms with Crippen LogP contribution in [0.2, 0.25) is 0 Å². The average Bonchev–Trinajstić information content (AvgIpc) is 3.02. The van der Waals surface area contributed by atoms with Crippen molar-refractivity contribution in [1.82, 2.24) is 10.6 Å². The molecule has 28 heavy (non-hydrogen) atoms. The maximum absolute atomic E-state index is 12.4. The number of amides is 4. The van der Waals surface area contributed by atoms with Gasteiger partial charge in [0, 0.05) is 19.0 Å². The van der Waals surface area contributed by atoms with Gasteiger partial charge in [-0.2, -0.15) is 0 Å². The largest absolute Gasteiger partial charge is 0.495 e. The Morgan fingerprint density at radius 2 is 1.86 bits per heavy atom. The molecule has 4 amide bonds. The summed E-state index contributed by atoms with van der Waals surface area (Å²) in [4.78, 5) is 49.8. The minimum atomic E-state index is -1.17. The number of hydrogen-bond donors (Lipinski definition) is 2. The standard InChI is InChI=1S/C19H25N3O6/c1-11(2)20-19(26)21-17(24)12(3)28-18(25)13-9-16(23)22(10-13)14-7-5-6-8-15(14)27-4/h5-8,11-13H,9-10H2,1-4H3,(H2,20,21,24,26)/t12-,13-/m1/s1. The van der Waals surface area contributed by atoms with E-state index in [0.717, 1.165) is 0 Å². The molecule has 2 atom stereocenters. The molecule has 2 rings (SSSR count). The van der Waals surface area contributed by atoms with Crippen LogP contribution in [0.5, 0.6) is 5.75 Å². The van der Waals surface area contributed by atoms with Gasteiger partial charge in [-0.15, -0.1) is 0 Å². The van der Waals surface area contributed by atoms with Crippen LogP contribution in [-0.2, 0) is 19.1 Å². The Bertz CT molecular complexity index is 764. The number of rotatable bonds is 6. The molecule has 1 aromatic rings. The summed E-state index contributed by atoms with van der Waals surface area (Å²) >= 11 is 0. The number of carbonyl (C=O) groups excluding carboxylic acids is 4. The molecule has 0 spiro atoms. The molecule has 0 radical (unpaired) electrons. The van der Waals surface area contributed by atoms with Gasteiger partial charge in [-0.25, -0.2) is 4.79 Å². The number of methoxy groups -OCH3 is 1. The zero-order valence-electron chi connectivity index (χ0n) is 16.4. The van der Waals surface area contributed by atoms with Gasteiger partial charge in [-0.05, 0) is 32.9 Å². The molecular weight excluding hydrogens is 366 g/mol. The fraction of sp³-hybridized carbons (Fsp3) is 0.474. The van der Waals surface area contributed by atoms with Gasteiger partial charge in [0.05, 0.1) is 18.7 Å². The Balaban J connectivity index is 1.95. The topological polar surface area (TPSA) is 114 Å². The first kappa shape index (κ1) is 21.2. The molecule has 2 N–H and O–H groups in total. The number of ether oxygens (including phenoxy) is 2. The predicted octanol–water partition coefficient (Wildman–Crippen LogP) is 1.21. The van der Waals surface area contributed by atoms with E-state index in [4.69, 9.17) is 9.47 Å². The second-order valence-electron chi connectivity index (χ2n) is 6.77. The third-order valence-electron chi connectivity index (χ3n) is 4.15. The highest BCUT2D eigenvalue weighted by molar-refractivity contribution is 6.01. The average molecular weight is 391 g/mol. The highest BCUT2D eigenvalue weighted by atomic mass is 16.5. The van der Waals surface area contributed by atoms with Crippen molar-refractivity contribution in [2.45, 2.75) is 39.3 Å². The smallest absolute Gasteiger partial charge is 0.321 e. The van der Waals surface area contributed by atoms with E-state index in [1.54, 1.807) is 38.1 Å². The van der Waals surface area contributed by atoms with Gasteiger partial charge < -0.3 is 19.7 Å². The third-order valence-corrected chi connectivity index (χ3v) is 4.15. The first-order chi connectivity index (χ1) is 13.2. The summed E-state index contributed by atoms with van der Waals surface area (Å²) in [7, 11) is 1.50. The van der Waals surface area contributed by atoms with Crippen molar-refractivity contribution in [3.8, 4) is 5.75 Å². The lowest BCUT2D eigenvalue weighted by atomic mass is 10.1. The summed E-state index contributed by atoms with van der Waals surface area (Å²) in [5.74, 6) is -1.83. The molecule has 1 heterocycles. The van der Waals surface area contributed by atoms with Gasteiger partial charge in [0.1, 0.15) is 5.75 Å². The lowest BCUT2D eigenvalue weighted by molar-refractivity contribution is -0.158. The number of urea groups is 1. The highest BCUT2D eigenvalue weighted by Gasteiger charge is 2.38. The van der Waals surface area contributed by atoms with E-state index in [1.807, 2.05) is 0 Å². The van der Waals surface area contributed by atoms with E-state index in [2.05, 4.69) is 10.6 Å². The zero-order valence-corrected chi connectivity index (χ0v) is 16.4. The van der Waals surface area contributed by atoms with Crippen LogP contribution < -0.4 is 20.3 Å². The maximum Gasteiger partial charge on any atom is 0.321 e. The molecule has 0 aliphatic carbocycles. The first-order valence-corrected chi connectivity index (χ1v) is 8.98. The van der Waals surface area contributed by atoms with Gasteiger partial charge in [0.15, 0.2) is 6.10 Å². The van der Waals surface area contributed by atoms with E-state index in [1.165, 1.54) is 18.9 Å². The second-order valence-corrected chi connectivity index (χ2v) is 6.77. The molecule has 1 aliphatic rings. The van der Waals surface area contributed by atoms with E-state index >= 15 is 0 Å². The van der Waals surface area contributed by atoms with Crippen LogP contribution in [0.4, 0.5) is 10.5 Å². The summed E-state index contributed by atoms with van der Waals surface area (Å²) in [6, 6.07) is 6.20. The molecule has 152 valence electrons. The van der Waals surface area contributed by atoms with Crippen molar-refractivity contribution >= 4 is 29.5 Å². The Labute approximate surface area is 163 Å². The molecule has 0 unspecified atom stereocenters. The SMILES string of the molecule is COc1ccccc1N1C[C@H](C(=O)O[C@H](C)C(=O)NC(=O)NC(C)C)CC1=O. The third kappa shape index (κ3) is 5.21. The monoisotopic (exact) mass is 391 g/mol. The minimum Gasteiger partial charge on any atom is -0.495 e. The number of nitrogens with zero attached hydrogens (tertiary/aromatic N) is 1. The van der Waals surface area contributed by atoms with Crippen molar-refractivity contribution in [3.63, 3.8) is 0 Å². The number of imide groups is 1. The molecule has 1 fully saturated rings. The predicted molar refractivity (Wildman–Crippen MR) is 101 cm³/mol. The maximum atomic E-state index is 12.4. The molecule has 1 aromatic carbocycles. The number of carbonyl (C=O) groups is 4. The summed E-state index contributed by atoms with van der Waals surface area (Å²) in [5.41, 5.74) is 0.571. The molecule has 0 bridgehead atoms. The molecule has 1 saturated heterocycles. The van der Waals surface area contributed by atoms with Crippen molar-refractivity contribution < 1.29 is 28.7 Å². The molecule has 9 heteroatoms. The molecule has 9 nitrogen and oxygen atoms in total. The van der Waals surface area contributed by atoms with Gasteiger partial charge in [-0.1, -0.05) is 12.1 Å². The van der Waals surface area contributed by atoms with E-state index in [-0.39, 0.29) is 24.9 Å². The van der Waals surface area contributed by atoms with Gasteiger partial charge in [0.25, 0.3) is 5.91 Å². The van der Waals surface area contributed by atoms with Crippen molar-refractivity contribution in [3.05, 3.63) is 24.3 Å². The number of nitrogens with one attached hydrogen (secondary N) is 2. The van der Waals surface area contributed by atoms with Crippen LogP contribution in [0.15, 0.2) is 24.3 Å². The Morgan fingerprint density at radius 3 is 2.50 bits per heavy atom. The van der Waals surface area contributed by atoms with Gasteiger partial charge >= 0.3 is 12.0 Å². The highest BCUT2D eigenvalue weighted by Crippen LogP contribution is 2.33. The van der Waals surface area contributed by atoms with Crippen LogP contribution in [0, 0.1) is 5.92 Å². The summed E-state index contributed by atoms with van der Waals surface area (Å²) in [6.45, 7) is 4.99. The summed E-state index contributed by atoms with van der Waals surface area (Å²) in [5, 5.41) is 4.61. The Hall–Kier alpha value is -3.10. The van der Waals surface area contributed by atoms with Gasteiger partial charge in [0.2, 0.25) is 5.91 Å². The van der Waals surface area contributed by atoms with E-state index in [9.17, 15) is 19.2 Å². The number of benzene rings is 1. The number of esters is 1. The number of para-hydroxylation sites is 2. The molecule has 1 aliphatic heterocycles. The van der Waals surface area contributed by atoms with Crippen LogP contribution in [0.1, 0.15) is 27.2 Å². The van der Waals surface area contributed by atoms with Gasteiger partial charge in [-0.3, -0.25) is 19.7 Å². The summed E-state index contributed by atoms with van der Waals surface area (Å²) in [6.07, 6.45) is -1.19. The van der Waals surface area contributed by atoms with Crippen LogP contribution in [-0.4, -0.2) is 49.6 Å². The normalized spacial score (nSPS) is 17.2. The van der Waals surface area contributed by atoms with Crippen LogP contribution in [0.25, 0.3) is 0 Å². The number of hydrogen-bond acceptors (Lipinski definition) is 6. The lowest BCUT2D eigenvalue weighted by Crippen LogP contribution is -2.47. The van der Waals surface area contributed by atoms with Crippen LogP contribution in [0.3, 0.4) is 0 Å². The Kier molecular flexibility index (Phi) is 6.97. The second kappa shape index (κ2) is 9.20. The minimum absolute atomic E-state index is 0.0287. The zero-order chi connectivity index (χ0) is 20.8. The van der Waals surface area contributed by atoms with Crippen molar-refractivity contribution in [2.24, 2.45) is 5.92 Å². The van der Waals surface area contributed by atoms with Crippen molar-refractivity contribution in [1.29, 1.82) is 0 Å². The van der Waals surface area contributed by atoms with Crippen molar-refractivity contribution in [2.75, 3.05) is 18.6 Å². The quantitative estimate of drug-likeness (QED) is 0.705. The first-order valence-electron chi connectivity index (χ1n) is 8.98. The van der Waals surface area contributed by atoms with E-state index < -0.39 is 29.9 Å². The Morgan fingerprint density at radius 1 is 1.18 bits per heavy atom.